The second-order valence-electron chi connectivity index (χ2n) is 4.53. The molecule has 4 heteroatoms. The zero-order valence-corrected chi connectivity index (χ0v) is 11.5. The minimum Gasteiger partial charge on any atom is -0.440 e. The van der Waals surface area contributed by atoms with Crippen molar-refractivity contribution in [1.82, 2.24) is 10.3 Å². The van der Waals surface area contributed by atoms with Gasteiger partial charge in [0.2, 0.25) is 5.91 Å². The number of carbonyl (C=O) groups excluding carboxylic acids is 1. The minimum absolute atomic E-state index is 0.103. The zero-order valence-electron chi connectivity index (χ0n) is 11.5. The summed E-state index contributed by atoms with van der Waals surface area (Å²) in [6.07, 6.45) is 3.14. The van der Waals surface area contributed by atoms with Gasteiger partial charge in [-0.15, -0.1) is 0 Å². The first-order chi connectivity index (χ1) is 9.24. The molecule has 0 unspecified atom stereocenters. The van der Waals surface area contributed by atoms with Crippen molar-refractivity contribution in [1.29, 1.82) is 0 Å². The molecule has 0 atom stereocenters. The molecule has 1 aromatic heterocycles. The molecule has 1 aromatic carbocycles. The highest BCUT2D eigenvalue weighted by atomic mass is 16.3. The minimum atomic E-state index is 0.103. The molecule has 102 valence electrons. The first kappa shape index (κ1) is 13.6. The molecule has 0 aliphatic rings. The molecule has 1 amide bonds. The highest BCUT2D eigenvalue weighted by molar-refractivity contribution is 5.76. The SMILES string of the molecule is CCC(=O)NCCCc1cccc2nc(CC)oc12. The van der Waals surface area contributed by atoms with Gasteiger partial charge in [0.15, 0.2) is 11.5 Å². The van der Waals surface area contributed by atoms with Crippen molar-refractivity contribution in [2.75, 3.05) is 6.54 Å². The molecule has 0 aliphatic carbocycles. The third-order valence-electron chi connectivity index (χ3n) is 3.11. The van der Waals surface area contributed by atoms with Gasteiger partial charge in [0, 0.05) is 19.4 Å². The normalized spacial score (nSPS) is 10.8. The van der Waals surface area contributed by atoms with Crippen molar-refractivity contribution in [3.05, 3.63) is 29.7 Å². The fourth-order valence-corrected chi connectivity index (χ4v) is 2.03. The number of aryl methyl sites for hydroxylation is 2. The summed E-state index contributed by atoms with van der Waals surface area (Å²) in [7, 11) is 0. The number of oxazole rings is 1. The van der Waals surface area contributed by atoms with Crippen LogP contribution in [0, 0.1) is 0 Å². The smallest absolute Gasteiger partial charge is 0.219 e. The van der Waals surface area contributed by atoms with Gasteiger partial charge in [-0.25, -0.2) is 4.98 Å². The van der Waals surface area contributed by atoms with Gasteiger partial charge in [-0.05, 0) is 24.5 Å². The predicted molar refractivity (Wildman–Crippen MR) is 75.0 cm³/mol. The van der Waals surface area contributed by atoms with Gasteiger partial charge in [-0.1, -0.05) is 26.0 Å². The van der Waals surface area contributed by atoms with Crippen LogP contribution in [0.25, 0.3) is 11.1 Å². The summed E-state index contributed by atoms with van der Waals surface area (Å²) in [5.41, 5.74) is 2.98. The average Bonchev–Trinajstić information content (AvgIpc) is 2.87. The Kier molecular flexibility index (Phi) is 4.55. The van der Waals surface area contributed by atoms with E-state index in [0.717, 1.165) is 41.8 Å². The van der Waals surface area contributed by atoms with E-state index in [-0.39, 0.29) is 5.91 Å². The van der Waals surface area contributed by atoms with E-state index in [1.54, 1.807) is 0 Å². The van der Waals surface area contributed by atoms with E-state index in [2.05, 4.69) is 16.4 Å². The number of hydrogen-bond acceptors (Lipinski definition) is 3. The zero-order chi connectivity index (χ0) is 13.7. The quantitative estimate of drug-likeness (QED) is 0.812. The van der Waals surface area contributed by atoms with E-state index < -0.39 is 0 Å². The fraction of sp³-hybridized carbons (Fsp3) is 0.467. The molecule has 0 fully saturated rings. The van der Waals surface area contributed by atoms with E-state index in [4.69, 9.17) is 4.42 Å². The Balaban J connectivity index is 2.00. The lowest BCUT2D eigenvalue weighted by Gasteiger charge is -2.04. The Morgan fingerprint density at radius 1 is 1.37 bits per heavy atom. The molecule has 0 spiro atoms. The summed E-state index contributed by atoms with van der Waals surface area (Å²) in [4.78, 5) is 15.6. The summed E-state index contributed by atoms with van der Waals surface area (Å²) < 4.78 is 5.75. The number of aromatic nitrogens is 1. The average molecular weight is 260 g/mol. The lowest BCUT2D eigenvalue weighted by Crippen LogP contribution is -2.23. The molecule has 0 aliphatic heterocycles. The van der Waals surface area contributed by atoms with Gasteiger partial charge in [-0.2, -0.15) is 0 Å². The van der Waals surface area contributed by atoms with Crippen LogP contribution in [0.4, 0.5) is 0 Å². The Hall–Kier alpha value is -1.84. The van der Waals surface area contributed by atoms with Gasteiger partial charge in [0.05, 0.1) is 0 Å². The lowest BCUT2D eigenvalue weighted by atomic mass is 10.1. The fourth-order valence-electron chi connectivity index (χ4n) is 2.03. The lowest BCUT2D eigenvalue weighted by molar-refractivity contribution is -0.120. The molecule has 2 rings (SSSR count). The molecule has 2 aromatic rings. The van der Waals surface area contributed by atoms with Crippen LogP contribution in [-0.4, -0.2) is 17.4 Å². The number of fused-ring (bicyclic) bond motifs is 1. The van der Waals surface area contributed by atoms with Gasteiger partial charge in [-0.3, -0.25) is 4.79 Å². The first-order valence-electron chi connectivity index (χ1n) is 6.88. The number of nitrogens with zero attached hydrogens (tertiary/aromatic N) is 1. The summed E-state index contributed by atoms with van der Waals surface area (Å²) in [6.45, 7) is 4.60. The molecular weight excluding hydrogens is 240 g/mol. The van der Waals surface area contributed by atoms with Crippen LogP contribution in [0.2, 0.25) is 0 Å². The Morgan fingerprint density at radius 2 is 2.21 bits per heavy atom. The van der Waals surface area contributed by atoms with Crippen molar-refractivity contribution >= 4 is 17.0 Å². The van der Waals surface area contributed by atoms with E-state index in [0.29, 0.717) is 13.0 Å². The van der Waals surface area contributed by atoms with Crippen LogP contribution in [0.15, 0.2) is 22.6 Å². The van der Waals surface area contributed by atoms with Gasteiger partial charge >= 0.3 is 0 Å². The highest BCUT2D eigenvalue weighted by Gasteiger charge is 2.08. The molecule has 0 radical (unpaired) electrons. The number of carbonyl (C=O) groups is 1. The highest BCUT2D eigenvalue weighted by Crippen LogP contribution is 2.21. The first-order valence-corrected chi connectivity index (χ1v) is 6.88. The number of rotatable bonds is 6. The molecule has 1 N–H and O–H groups in total. The maximum atomic E-state index is 11.1. The Bertz CT molecular complexity index is 560. The summed E-state index contributed by atoms with van der Waals surface area (Å²) in [5.74, 6) is 0.882. The number of hydrogen-bond donors (Lipinski definition) is 1. The molecule has 0 saturated carbocycles. The molecule has 19 heavy (non-hydrogen) atoms. The molecule has 4 nitrogen and oxygen atoms in total. The van der Waals surface area contributed by atoms with Gasteiger partial charge < -0.3 is 9.73 Å². The van der Waals surface area contributed by atoms with Crippen molar-refractivity contribution in [3.63, 3.8) is 0 Å². The van der Waals surface area contributed by atoms with Crippen LogP contribution < -0.4 is 5.32 Å². The Labute approximate surface area is 113 Å². The topological polar surface area (TPSA) is 55.1 Å². The molecule has 0 bridgehead atoms. The third kappa shape index (κ3) is 3.34. The predicted octanol–water partition coefficient (Wildman–Crippen LogP) is 2.85. The van der Waals surface area contributed by atoms with Crippen molar-refractivity contribution in [3.8, 4) is 0 Å². The van der Waals surface area contributed by atoms with Crippen LogP contribution in [0.1, 0.15) is 38.1 Å². The van der Waals surface area contributed by atoms with Crippen LogP contribution in [0.3, 0.4) is 0 Å². The van der Waals surface area contributed by atoms with E-state index in [1.807, 2.05) is 26.0 Å². The van der Waals surface area contributed by atoms with Crippen LogP contribution in [0.5, 0.6) is 0 Å². The summed E-state index contributed by atoms with van der Waals surface area (Å²) >= 11 is 0. The number of benzene rings is 1. The van der Waals surface area contributed by atoms with Gasteiger partial charge in [0.1, 0.15) is 5.52 Å². The van der Waals surface area contributed by atoms with E-state index >= 15 is 0 Å². The Morgan fingerprint density at radius 3 is 2.95 bits per heavy atom. The second-order valence-corrected chi connectivity index (χ2v) is 4.53. The van der Waals surface area contributed by atoms with Crippen molar-refractivity contribution in [2.24, 2.45) is 0 Å². The number of nitrogens with one attached hydrogen (secondary N) is 1. The summed E-state index contributed by atoms with van der Waals surface area (Å²) in [5, 5.41) is 2.88. The second kappa shape index (κ2) is 6.36. The molecule has 1 heterocycles. The van der Waals surface area contributed by atoms with E-state index in [9.17, 15) is 4.79 Å². The van der Waals surface area contributed by atoms with Crippen LogP contribution >= 0.6 is 0 Å². The number of amides is 1. The summed E-state index contributed by atoms with van der Waals surface area (Å²) in [6, 6.07) is 6.04. The van der Waals surface area contributed by atoms with Gasteiger partial charge in [0.25, 0.3) is 0 Å². The van der Waals surface area contributed by atoms with Crippen molar-refractivity contribution in [2.45, 2.75) is 39.5 Å². The molecule has 0 saturated heterocycles. The number of para-hydroxylation sites is 1. The third-order valence-corrected chi connectivity index (χ3v) is 3.11. The maximum absolute atomic E-state index is 11.1. The van der Waals surface area contributed by atoms with Crippen molar-refractivity contribution < 1.29 is 9.21 Å². The van der Waals surface area contributed by atoms with E-state index in [1.165, 1.54) is 0 Å². The van der Waals surface area contributed by atoms with Crippen LogP contribution in [-0.2, 0) is 17.6 Å². The largest absolute Gasteiger partial charge is 0.440 e. The maximum Gasteiger partial charge on any atom is 0.219 e. The monoisotopic (exact) mass is 260 g/mol. The standard InChI is InChI=1S/C15H20N2O2/c1-3-13(18)16-10-6-8-11-7-5-9-12-15(11)19-14(4-2)17-12/h5,7,9H,3-4,6,8,10H2,1-2H3,(H,16,18). The molecular formula is C15H20N2O2.